The third-order valence-electron chi connectivity index (χ3n) is 3.70. The maximum Gasteiger partial charge on any atom is 0.219 e. The monoisotopic (exact) mass is 182 g/mol. The van der Waals surface area contributed by atoms with Crippen LogP contribution in [0, 0.1) is 5.92 Å². The minimum Gasteiger partial charge on any atom is -0.336 e. The molecule has 2 fully saturated rings. The van der Waals surface area contributed by atoms with Crippen molar-refractivity contribution in [3.63, 3.8) is 0 Å². The van der Waals surface area contributed by atoms with Crippen LogP contribution in [0.5, 0.6) is 0 Å². The average Bonchev–Trinajstić information content (AvgIpc) is 2.39. The summed E-state index contributed by atoms with van der Waals surface area (Å²) < 4.78 is 0. The zero-order chi connectivity index (χ0) is 9.47. The topological polar surface area (TPSA) is 46.3 Å². The number of likely N-dealkylation sites (tertiary alicyclic amines) is 1. The van der Waals surface area contributed by atoms with E-state index in [-0.39, 0.29) is 11.4 Å². The van der Waals surface area contributed by atoms with Crippen molar-refractivity contribution in [3.8, 4) is 0 Å². The van der Waals surface area contributed by atoms with E-state index in [2.05, 4.69) is 0 Å². The smallest absolute Gasteiger partial charge is 0.219 e. The number of carbonyl (C=O) groups excluding carboxylic acids is 1. The molecule has 3 nitrogen and oxygen atoms in total. The molecule has 1 saturated carbocycles. The number of rotatable bonds is 1. The van der Waals surface area contributed by atoms with Gasteiger partial charge in [0.2, 0.25) is 5.91 Å². The van der Waals surface area contributed by atoms with Gasteiger partial charge in [-0.05, 0) is 25.2 Å². The number of fused-ring (bicyclic) bond motifs is 2. The van der Waals surface area contributed by atoms with Crippen LogP contribution in [0.1, 0.15) is 32.6 Å². The lowest BCUT2D eigenvalue weighted by atomic mass is 9.80. The molecule has 13 heavy (non-hydrogen) atoms. The van der Waals surface area contributed by atoms with Gasteiger partial charge in [0.1, 0.15) is 0 Å². The summed E-state index contributed by atoms with van der Waals surface area (Å²) in [6, 6.07) is 0. The Hall–Kier alpha value is -0.570. The summed E-state index contributed by atoms with van der Waals surface area (Å²) in [5, 5.41) is 0. The van der Waals surface area contributed by atoms with Crippen LogP contribution in [-0.4, -0.2) is 29.4 Å². The van der Waals surface area contributed by atoms with E-state index < -0.39 is 0 Å². The van der Waals surface area contributed by atoms with E-state index >= 15 is 0 Å². The molecule has 2 rings (SSSR count). The van der Waals surface area contributed by atoms with Crippen molar-refractivity contribution in [1.82, 2.24) is 4.90 Å². The Morgan fingerprint density at radius 1 is 1.69 bits per heavy atom. The summed E-state index contributed by atoms with van der Waals surface area (Å²) in [5.41, 5.74) is 5.85. The first kappa shape index (κ1) is 9.00. The Labute approximate surface area is 79.3 Å². The number of carbonyl (C=O) groups is 1. The van der Waals surface area contributed by atoms with Gasteiger partial charge in [0.15, 0.2) is 0 Å². The van der Waals surface area contributed by atoms with E-state index in [4.69, 9.17) is 5.73 Å². The highest BCUT2D eigenvalue weighted by Gasteiger charge is 2.47. The molecule has 74 valence electrons. The van der Waals surface area contributed by atoms with Crippen molar-refractivity contribution in [2.45, 2.75) is 38.1 Å². The molecule has 2 N–H and O–H groups in total. The second-order valence-corrected chi connectivity index (χ2v) is 4.52. The van der Waals surface area contributed by atoms with Crippen LogP contribution in [0.4, 0.5) is 0 Å². The zero-order valence-electron chi connectivity index (χ0n) is 8.25. The summed E-state index contributed by atoms with van der Waals surface area (Å²) in [5.74, 6) is 0.927. The summed E-state index contributed by atoms with van der Waals surface area (Å²) in [6.45, 7) is 3.26. The number of nitrogens with zero attached hydrogens (tertiary/aromatic N) is 1. The lowest BCUT2D eigenvalue weighted by Gasteiger charge is -2.38. The number of hydrogen-bond acceptors (Lipinski definition) is 2. The van der Waals surface area contributed by atoms with Crippen LogP contribution in [0.15, 0.2) is 0 Å². The molecular weight excluding hydrogens is 164 g/mol. The normalized spacial score (nSPS) is 38.0. The fourth-order valence-electron chi connectivity index (χ4n) is 3.07. The van der Waals surface area contributed by atoms with E-state index in [0.29, 0.717) is 6.54 Å². The number of amides is 1. The van der Waals surface area contributed by atoms with Gasteiger partial charge in [-0.25, -0.2) is 0 Å². The molecule has 0 radical (unpaired) electrons. The highest BCUT2D eigenvalue weighted by Crippen LogP contribution is 2.43. The maximum absolute atomic E-state index is 11.4. The van der Waals surface area contributed by atoms with Crippen molar-refractivity contribution in [2.24, 2.45) is 11.7 Å². The molecule has 1 aliphatic heterocycles. The van der Waals surface area contributed by atoms with Crippen molar-refractivity contribution in [3.05, 3.63) is 0 Å². The molecule has 0 spiro atoms. The van der Waals surface area contributed by atoms with Crippen molar-refractivity contribution in [2.75, 3.05) is 13.1 Å². The molecule has 0 aromatic rings. The molecule has 2 atom stereocenters. The number of nitrogens with two attached hydrogens (primary N) is 1. The summed E-state index contributed by atoms with van der Waals surface area (Å²) >= 11 is 0. The molecule has 0 aromatic heterocycles. The predicted molar refractivity (Wildman–Crippen MR) is 51.1 cm³/mol. The first-order valence-corrected chi connectivity index (χ1v) is 5.16. The molecule has 2 aliphatic rings. The second-order valence-electron chi connectivity index (χ2n) is 4.52. The van der Waals surface area contributed by atoms with E-state index in [0.717, 1.165) is 25.3 Å². The van der Waals surface area contributed by atoms with Gasteiger partial charge in [-0.15, -0.1) is 0 Å². The van der Waals surface area contributed by atoms with Crippen LogP contribution >= 0.6 is 0 Å². The van der Waals surface area contributed by atoms with E-state index in [1.807, 2.05) is 4.90 Å². The average molecular weight is 182 g/mol. The Kier molecular flexibility index (Phi) is 2.06. The summed E-state index contributed by atoms with van der Waals surface area (Å²) in [4.78, 5) is 13.4. The molecule has 0 aromatic carbocycles. The molecule has 3 heteroatoms. The van der Waals surface area contributed by atoms with Crippen LogP contribution in [0.2, 0.25) is 0 Å². The molecule has 1 saturated heterocycles. The number of hydrogen-bond donors (Lipinski definition) is 1. The molecule has 1 heterocycles. The standard InChI is InChI=1S/C10H18N2O/c1-8(13)12-6-9-3-2-4-10(12,5-9)7-11/h9H,2-7,11H2,1H3. The molecule has 2 bridgehead atoms. The highest BCUT2D eigenvalue weighted by atomic mass is 16.2. The molecular formula is C10H18N2O. The Bertz CT molecular complexity index is 229. The van der Waals surface area contributed by atoms with Crippen LogP contribution < -0.4 is 5.73 Å². The summed E-state index contributed by atoms with van der Waals surface area (Å²) in [6.07, 6.45) is 4.78. The van der Waals surface area contributed by atoms with Crippen LogP contribution in [0.25, 0.3) is 0 Å². The minimum atomic E-state index is 0.0365. The van der Waals surface area contributed by atoms with Gasteiger partial charge in [-0.1, -0.05) is 6.42 Å². The van der Waals surface area contributed by atoms with E-state index in [1.54, 1.807) is 6.92 Å². The lowest BCUT2D eigenvalue weighted by molar-refractivity contribution is -0.132. The first-order valence-electron chi connectivity index (χ1n) is 5.16. The quantitative estimate of drug-likeness (QED) is 0.650. The minimum absolute atomic E-state index is 0.0365. The lowest BCUT2D eigenvalue weighted by Crippen LogP contribution is -2.51. The van der Waals surface area contributed by atoms with Crippen LogP contribution in [0.3, 0.4) is 0 Å². The first-order chi connectivity index (χ1) is 6.18. The van der Waals surface area contributed by atoms with Gasteiger partial charge in [0.25, 0.3) is 0 Å². The third kappa shape index (κ3) is 1.26. The molecule has 1 aliphatic carbocycles. The van der Waals surface area contributed by atoms with Gasteiger partial charge < -0.3 is 10.6 Å². The fraction of sp³-hybridized carbons (Fsp3) is 0.900. The van der Waals surface area contributed by atoms with Crippen LogP contribution in [-0.2, 0) is 4.79 Å². The Morgan fingerprint density at radius 3 is 3.08 bits per heavy atom. The van der Waals surface area contributed by atoms with Crippen molar-refractivity contribution < 1.29 is 4.79 Å². The zero-order valence-corrected chi connectivity index (χ0v) is 8.25. The third-order valence-corrected chi connectivity index (χ3v) is 3.70. The van der Waals surface area contributed by atoms with E-state index in [1.165, 1.54) is 12.8 Å². The molecule has 2 unspecified atom stereocenters. The highest BCUT2D eigenvalue weighted by molar-refractivity contribution is 5.74. The fourth-order valence-corrected chi connectivity index (χ4v) is 3.07. The second kappa shape index (κ2) is 2.98. The Morgan fingerprint density at radius 2 is 2.46 bits per heavy atom. The van der Waals surface area contributed by atoms with Gasteiger partial charge in [-0.2, -0.15) is 0 Å². The van der Waals surface area contributed by atoms with Gasteiger partial charge >= 0.3 is 0 Å². The van der Waals surface area contributed by atoms with Gasteiger partial charge in [-0.3, -0.25) is 4.79 Å². The maximum atomic E-state index is 11.4. The molecule has 1 amide bonds. The Balaban J connectivity index is 2.24. The largest absolute Gasteiger partial charge is 0.336 e. The SMILES string of the molecule is CC(=O)N1CC2CCCC1(CN)C2. The van der Waals surface area contributed by atoms with Gasteiger partial charge in [0.05, 0.1) is 5.54 Å². The summed E-state index contributed by atoms with van der Waals surface area (Å²) in [7, 11) is 0. The predicted octanol–water partition coefficient (Wildman–Crippen LogP) is 0.736. The van der Waals surface area contributed by atoms with E-state index in [9.17, 15) is 4.79 Å². The van der Waals surface area contributed by atoms with Crippen molar-refractivity contribution in [1.29, 1.82) is 0 Å². The van der Waals surface area contributed by atoms with Crippen molar-refractivity contribution >= 4 is 5.91 Å². The van der Waals surface area contributed by atoms with Gasteiger partial charge in [0, 0.05) is 20.0 Å².